The van der Waals surface area contributed by atoms with Crippen molar-refractivity contribution in [2.45, 2.75) is 6.92 Å². The second-order valence-electron chi connectivity index (χ2n) is 4.06. The maximum atomic E-state index is 11.7. The number of para-hydroxylation sites is 1. The SMILES string of the molecule is Cc1[nH]c2ccccc2c1/C=C1\SC(=S)NC1=O. The fourth-order valence-corrected chi connectivity index (χ4v) is 3.06. The molecule has 0 unspecified atom stereocenters. The molecule has 90 valence electrons. The normalized spacial score (nSPS) is 17.7. The fourth-order valence-electron chi connectivity index (χ4n) is 2.04. The average molecular weight is 274 g/mol. The quantitative estimate of drug-likeness (QED) is 0.621. The van der Waals surface area contributed by atoms with Crippen LogP contribution < -0.4 is 5.32 Å². The molecule has 0 radical (unpaired) electrons. The molecule has 1 amide bonds. The summed E-state index contributed by atoms with van der Waals surface area (Å²) >= 11 is 6.29. The number of rotatable bonds is 1. The zero-order valence-electron chi connectivity index (χ0n) is 9.61. The number of thioether (sulfide) groups is 1. The predicted octanol–water partition coefficient (Wildman–Crippen LogP) is 2.97. The van der Waals surface area contributed by atoms with Gasteiger partial charge in [0.1, 0.15) is 4.32 Å². The van der Waals surface area contributed by atoms with E-state index in [1.165, 1.54) is 11.8 Å². The van der Waals surface area contributed by atoms with Gasteiger partial charge in [-0.1, -0.05) is 42.2 Å². The number of hydrogen-bond donors (Lipinski definition) is 2. The second-order valence-corrected chi connectivity index (χ2v) is 5.78. The van der Waals surface area contributed by atoms with Crippen molar-refractivity contribution in [1.82, 2.24) is 10.3 Å². The molecule has 5 heteroatoms. The average Bonchev–Trinajstić information content (AvgIpc) is 2.81. The zero-order valence-corrected chi connectivity index (χ0v) is 11.2. The molecule has 3 nitrogen and oxygen atoms in total. The van der Waals surface area contributed by atoms with Gasteiger partial charge < -0.3 is 10.3 Å². The van der Waals surface area contributed by atoms with Crippen molar-refractivity contribution in [2.24, 2.45) is 0 Å². The highest BCUT2D eigenvalue weighted by Gasteiger charge is 2.22. The third-order valence-electron chi connectivity index (χ3n) is 2.86. The number of carbonyl (C=O) groups is 1. The molecule has 1 fully saturated rings. The first-order chi connectivity index (χ1) is 8.65. The molecule has 0 aliphatic carbocycles. The van der Waals surface area contributed by atoms with Crippen LogP contribution in [0.4, 0.5) is 0 Å². The molecule has 0 atom stereocenters. The van der Waals surface area contributed by atoms with Crippen LogP contribution in [0.3, 0.4) is 0 Å². The van der Waals surface area contributed by atoms with Crippen LogP contribution in [0.2, 0.25) is 0 Å². The number of carbonyl (C=O) groups excluding carboxylic acids is 1. The Bertz CT molecular complexity index is 700. The van der Waals surface area contributed by atoms with E-state index in [1.807, 2.05) is 37.3 Å². The molecule has 2 heterocycles. The van der Waals surface area contributed by atoms with Gasteiger partial charge in [-0.15, -0.1) is 0 Å². The molecule has 2 aromatic rings. The first-order valence-electron chi connectivity index (χ1n) is 5.47. The molecule has 3 rings (SSSR count). The number of benzene rings is 1. The maximum Gasteiger partial charge on any atom is 0.263 e. The summed E-state index contributed by atoms with van der Waals surface area (Å²) in [6, 6.07) is 8.05. The Morgan fingerprint density at radius 2 is 2.11 bits per heavy atom. The minimum atomic E-state index is -0.116. The summed E-state index contributed by atoms with van der Waals surface area (Å²) < 4.78 is 0.517. The highest BCUT2D eigenvalue weighted by molar-refractivity contribution is 8.26. The number of amides is 1. The standard InChI is InChI=1S/C13H10N2OS2/c1-7-9(6-11-12(16)15-13(17)18-11)8-4-2-3-5-10(8)14-7/h2-6,14H,1H3,(H,15,16,17)/b11-6-. The van der Waals surface area contributed by atoms with Gasteiger partial charge in [0, 0.05) is 22.2 Å². The Balaban J connectivity index is 2.15. The number of nitrogens with one attached hydrogen (secondary N) is 2. The minimum Gasteiger partial charge on any atom is -0.358 e. The molecule has 0 spiro atoms. The van der Waals surface area contributed by atoms with Gasteiger partial charge in [0.25, 0.3) is 5.91 Å². The zero-order chi connectivity index (χ0) is 12.7. The number of aryl methyl sites for hydroxylation is 1. The number of fused-ring (bicyclic) bond motifs is 1. The van der Waals surface area contributed by atoms with Crippen LogP contribution in [0.15, 0.2) is 29.2 Å². The van der Waals surface area contributed by atoms with E-state index in [0.29, 0.717) is 9.23 Å². The molecule has 2 N–H and O–H groups in total. The van der Waals surface area contributed by atoms with Gasteiger partial charge in [-0.05, 0) is 19.1 Å². The smallest absolute Gasteiger partial charge is 0.263 e. The summed E-state index contributed by atoms with van der Waals surface area (Å²) in [5, 5.41) is 3.74. The summed E-state index contributed by atoms with van der Waals surface area (Å²) in [6.45, 7) is 2.00. The van der Waals surface area contributed by atoms with Gasteiger partial charge in [0.05, 0.1) is 4.91 Å². The molecule has 18 heavy (non-hydrogen) atoms. The highest BCUT2D eigenvalue weighted by Crippen LogP contribution is 2.30. The van der Waals surface area contributed by atoms with Crippen LogP contribution in [0.5, 0.6) is 0 Å². The molecule has 1 saturated heterocycles. The lowest BCUT2D eigenvalue weighted by Gasteiger charge is -1.95. The van der Waals surface area contributed by atoms with E-state index >= 15 is 0 Å². The lowest BCUT2D eigenvalue weighted by molar-refractivity contribution is -0.115. The van der Waals surface area contributed by atoms with Crippen LogP contribution in [0.1, 0.15) is 11.3 Å². The van der Waals surface area contributed by atoms with Gasteiger partial charge in [-0.2, -0.15) is 0 Å². The van der Waals surface area contributed by atoms with Crippen LogP contribution in [-0.2, 0) is 4.79 Å². The Labute approximate surface area is 114 Å². The highest BCUT2D eigenvalue weighted by atomic mass is 32.2. The van der Waals surface area contributed by atoms with Gasteiger partial charge in [0.2, 0.25) is 0 Å². The van der Waals surface area contributed by atoms with E-state index in [1.54, 1.807) is 0 Å². The monoisotopic (exact) mass is 274 g/mol. The molecular weight excluding hydrogens is 264 g/mol. The number of hydrogen-bond acceptors (Lipinski definition) is 3. The minimum absolute atomic E-state index is 0.116. The topological polar surface area (TPSA) is 44.9 Å². The van der Waals surface area contributed by atoms with Crippen molar-refractivity contribution in [3.05, 3.63) is 40.4 Å². The number of H-pyrrole nitrogens is 1. The summed E-state index contributed by atoms with van der Waals surface area (Å²) in [5.74, 6) is -0.116. The van der Waals surface area contributed by atoms with E-state index in [0.717, 1.165) is 22.2 Å². The lowest BCUT2D eigenvalue weighted by Crippen LogP contribution is -2.17. The van der Waals surface area contributed by atoms with E-state index in [4.69, 9.17) is 12.2 Å². The van der Waals surface area contributed by atoms with E-state index in [2.05, 4.69) is 10.3 Å². The second kappa shape index (κ2) is 4.26. The third-order valence-corrected chi connectivity index (χ3v) is 4.02. The van der Waals surface area contributed by atoms with Crippen molar-refractivity contribution < 1.29 is 4.79 Å². The first-order valence-corrected chi connectivity index (χ1v) is 6.70. The Kier molecular flexibility index (Phi) is 2.72. The van der Waals surface area contributed by atoms with E-state index in [-0.39, 0.29) is 5.91 Å². The van der Waals surface area contributed by atoms with Crippen molar-refractivity contribution in [1.29, 1.82) is 0 Å². The number of aromatic amines is 1. The molecule has 0 saturated carbocycles. The Morgan fingerprint density at radius 1 is 1.33 bits per heavy atom. The maximum absolute atomic E-state index is 11.7. The Hall–Kier alpha value is -1.59. The largest absolute Gasteiger partial charge is 0.358 e. The van der Waals surface area contributed by atoms with Crippen molar-refractivity contribution in [2.75, 3.05) is 0 Å². The van der Waals surface area contributed by atoms with Gasteiger partial charge >= 0.3 is 0 Å². The molecule has 1 aromatic heterocycles. The fraction of sp³-hybridized carbons (Fsp3) is 0.0769. The summed E-state index contributed by atoms with van der Waals surface area (Å²) in [7, 11) is 0. The van der Waals surface area contributed by atoms with Crippen LogP contribution in [0, 0.1) is 6.92 Å². The lowest BCUT2D eigenvalue weighted by atomic mass is 10.1. The summed E-state index contributed by atoms with van der Waals surface area (Å²) in [6.07, 6.45) is 1.90. The number of thiocarbonyl (C=S) groups is 1. The van der Waals surface area contributed by atoms with Gasteiger partial charge in [-0.3, -0.25) is 4.79 Å². The first kappa shape index (κ1) is 11.5. The van der Waals surface area contributed by atoms with Crippen molar-refractivity contribution in [3.63, 3.8) is 0 Å². The van der Waals surface area contributed by atoms with Crippen molar-refractivity contribution in [3.8, 4) is 0 Å². The van der Waals surface area contributed by atoms with Crippen LogP contribution in [-0.4, -0.2) is 15.2 Å². The van der Waals surface area contributed by atoms with Crippen LogP contribution in [0.25, 0.3) is 17.0 Å². The van der Waals surface area contributed by atoms with E-state index in [9.17, 15) is 4.79 Å². The van der Waals surface area contributed by atoms with E-state index < -0.39 is 0 Å². The van der Waals surface area contributed by atoms with Gasteiger partial charge in [0.15, 0.2) is 0 Å². The Morgan fingerprint density at radius 3 is 2.83 bits per heavy atom. The molecule has 0 bridgehead atoms. The number of aromatic nitrogens is 1. The molecule has 1 aliphatic heterocycles. The summed E-state index contributed by atoms with van der Waals surface area (Å²) in [5.41, 5.74) is 3.18. The third kappa shape index (κ3) is 1.85. The van der Waals surface area contributed by atoms with Crippen LogP contribution >= 0.6 is 24.0 Å². The molecular formula is C13H10N2OS2. The predicted molar refractivity (Wildman–Crippen MR) is 79.3 cm³/mol. The summed E-state index contributed by atoms with van der Waals surface area (Å²) in [4.78, 5) is 15.6. The van der Waals surface area contributed by atoms with Gasteiger partial charge in [-0.25, -0.2) is 0 Å². The van der Waals surface area contributed by atoms with Crippen molar-refractivity contribution >= 4 is 51.2 Å². The molecule has 1 aliphatic rings. The molecule has 1 aromatic carbocycles.